The molecule has 0 bridgehead atoms. The molecule has 2 rings (SSSR count). The summed E-state index contributed by atoms with van der Waals surface area (Å²) in [5, 5.41) is 11.7. The maximum absolute atomic E-state index is 11.4. The van der Waals surface area contributed by atoms with E-state index < -0.39 is 5.91 Å². The summed E-state index contributed by atoms with van der Waals surface area (Å²) in [6.07, 6.45) is 0.778. The summed E-state index contributed by atoms with van der Waals surface area (Å²) in [4.78, 5) is 16.1. The van der Waals surface area contributed by atoms with Crippen LogP contribution in [-0.4, -0.2) is 27.0 Å². The van der Waals surface area contributed by atoms with Crippen molar-refractivity contribution in [1.29, 1.82) is 0 Å². The maximum Gasteiger partial charge on any atom is 0.262 e. The van der Waals surface area contributed by atoms with Crippen molar-refractivity contribution in [1.82, 2.24) is 14.9 Å². The molecular weight excluding hydrogens is 440 g/mol. The van der Waals surface area contributed by atoms with Crippen molar-refractivity contribution < 1.29 is 10.0 Å². The molecule has 0 atom stereocenters. The van der Waals surface area contributed by atoms with Crippen molar-refractivity contribution in [2.24, 2.45) is 5.41 Å². The van der Waals surface area contributed by atoms with E-state index in [0.29, 0.717) is 5.82 Å². The van der Waals surface area contributed by atoms with E-state index in [1.165, 1.54) is 0 Å². The lowest BCUT2D eigenvalue weighted by Crippen LogP contribution is -2.27. The Morgan fingerprint density at radius 2 is 1.88 bits per heavy atom. The van der Waals surface area contributed by atoms with Gasteiger partial charge in [-0.25, -0.2) is 10.5 Å². The zero-order valence-electron chi connectivity index (χ0n) is 14.4. The van der Waals surface area contributed by atoms with Crippen LogP contribution in [0, 0.1) is 19.3 Å². The number of rotatable bonds is 4. The third-order valence-corrected chi connectivity index (χ3v) is 5.84. The van der Waals surface area contributed by atoms with Crippen molar-refractivity contribution in [2.75, 3.05) is 11.9 Å². The highest BCUT2D eigenvalue weighted by Crippen LogP contribution is 2.36. The van der Waals surface area contributed by atoms with Gasteiger partial charge in [0.05, 0.1) is 16.7 Å². The topological polar surface area (TPSA) is 78.7 Å². The monoisotopic (exact) mass is 460 g/mol. The number of aryl methyl sites for hydroxylation is 1. The average molecular weight is 462 g/mol. The van der Waals surface area contributed by atoms with Crippen LogP contribution in [0.25, 0.3) is 5.65 Å². The van der Waals surface area contributed by atoms with Crippen LogP contribution in [0.4, 0.5) is 5.82 Å². The molecule has 0 saturated heterocycles. The van der Waals surface area contributed by atoms with Crippen molar-refractivity contribution in [3.63, 3.8) is 0 Å². The Morgan fingerprint density at radius 3 is 2.42 bits per heavy atom. The second kappa shape index (κ2) is 7.01. The number of pyridine rings is 1. The molecule has 2 heterocycles. The van der Waals surface area contributed by atoms with Gasteiger partial charge in [0, 0.05) is 10.2 Å². The van der Waals surface area contributed by atoms with Gasteiger partial charge in [0.25, 0.3) is 5.91 Å². The van der Waals surface area contributed by atoms with E-state index in [2.05, 4.69) is 67.3 Å². The Morgan fingerprint density at radius 1 is 1.25 bits per heavy atom. The molecule has 132 valence electrons. The summed E-state index contributed by atoms with van der Waals surface area (Å²) in [5.74, 6) is 0.136. The molecule has 0 aliphatic rings. The predicted molar refractivity (Wildman–Crippen MR) is 102 cm³/mol. The Labute approximate surface area is 158 Å². The highest BCUT2D eigenvalue weighted by atomic mass is 79.9. The summed E-state index contributed by atoms with van der Waals surface area (Å²) < 4.78 is 4.04. The van der Waals surface area contributed by atoms with Gasteiger partial charge in [-0.1, -0.05) is 20.8 Å². The third kappa shape index (κ3) is 3.75. The molecule has 0 spiro atoms. The number of nitrogens with zero attached hydrogens (tertiary/aromatic N) is 2. The number of hydrogen-bond donors (Lipinski definition) is 3. The molecule has 8 heteroatoms. The number of hydroxylamine groups is 1. The lowest BCUT2D eigenvalue weighted by Gasteiger charge is -2.20. The van der Waals surface area contributed by atoms with Crippen LogP contribution < -0.4 is 10.8 Å². The van der Waals surface area contributed by atoms with Gasteiger partial charge in [-0.3, -0.25) is 14.4 Å². The number of imidazole rings is 1. The first-order valence-electron chi connectivity index (χ1n) is 7.59. The fourth-order valence-corrected chi connectivity index (χ4v) is 3.71. The number of anilines is 1. The van der Waals surface area contributed by atoms with Crippen LogP contribution in [0.2, 0.25) is 0 Å². The number of halogens is 2. The number of carbonyl (C=O) groups excluding carboxylic acids is 1. The Kier molecular flexibility index (Phi) is 5.61. The average Bonchev–Trinajstić information content (AvgIpc) is 2.85. The smallest absolute Gasteiger partial charge is 0.262 e. The van der Waals surface area contributed by atoms with E-state index in [0.717, 1.165) is 38.0 Å². The summed E-state index contributed by atoms with van der Waals surface area (Å²) >= 11 is 7.28. The first-order chi connectivity index (χ1) is 11.1. The summed E-state index contributed by atoms with van der Waals surface area (Å²) in [6, 6.07) is 0. The molecule has 0 aliphatic heterocycles. The first-order valence-corrected chi connectivity index (χ1v) is 9.17. The van der Waals surface area contributed by atoms with Gasteiger partial charge in [-0.05, 0) is 63.1 Å². The molecule has 1 amide bonds. The number of amides is 1. The molecule has 0 saturated carbocycles. The highest BCUT2D eigenvalue weighted by Gasteiger charge is 2.24. The van der Waals surface area contributed by atoms with Gasteiger partial charge in [0.2, 0.25) is 0 Å². The van der Waals surface area contributed by atoms with Crippen molar-refractivity contribution in [3.8, 4) is 0 Å². The summed E-state index contributed by atoms with van der Waals surface area (Å²) in [6.45, 7) is 10.5. The second-order valence-electron chi connectivity index (χ2n) is 7.03. The highest BCUT2D eigenvalue weighted by molar-refractivity contribution is 9.11. The molecule has 0 unspecified atom stereocenters. The molecule has 2 aromatic rings. The van der Waals surface area contributed by atoms with Gasteiger partial charge >= 0.3 is 0 Å². The molecule has 0 aromatic carbocycles. The standard InChI is InChI=1S/C16H22Br2N4O2/c1-8-12(17)9(2)22-10(6-16(3,4)5)14(19-7-11(23)21-24)20-15(22)13(8)18/h19,24H,6-7H2,1-5H3,(H,21,23). The van der Waals surface area contributed by atoms with E-state index in [-0.39, 0.29) is 12.0 Å². The number of nitrogens with one attached hydrogen (secondary N) is 2. The van der Waals surface area contributed by atoms with E-state index >= 15 is 0 Å². The molecule has 6 nitrogen and oxygen atoms in total. The zero-order chi connectivity index (χ0) is 18.2. The van der Waals surface area contributed by atoms with Crippen molar-refractivity contribution in [2.45, 2.75) is 41.0 Å². The molecular formula is C16H22Br2N4O2. The lowest BCUT2D eigenvalue weighted by atomic mass is 9.90. The van der Waals surface area contributed by atoms with Gasteiger partial charge in [0.15, 0.2) is 5.65 Å². The Balaban J connectivity index is 2.67. The number of fused-ring (bicyclic) bond motifs is 1. The number of aromatic nitrogens is 2. The molecule has 2 aromatic heterocycles. The maximum atomic E-state index is 11.4. The summed E-state index contributed by atoms with van der Waals surface area (Å²) in [5.41, 5.74) is 5.60. The van der Waals surface area contributed by atoms with Crippen LogP contribution in [0.3, 0.4) is 0 Å². The predicted octanol–water partition coefficient (Wildman–Crippen LogP) is 3.98. The second-order valence-corrected chi connectivity index (χ2v) is 8.62. The largest absolute Gasteiger partial charge is 0.359 e. The number of carbonyl (C=O) groups is 1. The fourth-order valence-electron chi connectivity index (χ4n) is 2.61. The minimum atomic E-state index is -0.512. The third-order valence-electron chi connectivity index (χ3n) is 3.72. The van der Waals surface area contributed by atoms with Crippen LogP contribution in [-0.2, 0) is 11.2 Å². The van der Waals surface area contributed by atoms with E-state index in [1.807, 2.05) is 13.8 Å². The number of hydrogen-bond acceptors (Lipinski definition) is 4. The molecule has 0 radical (unpaired) electrons. The van der Waals surface area contributed by atoms with Crippen LogP contribution in [0.1, 0.15) is 37.7 Å². The molecule has 24 heavy (non-hydrogen) atoms. The minimum absolute atomic E-state index is 0.0436. The lowest BCUT2D eigenvalue weighted by molar-refractivity contribution is -0.127. The Hall–Kier alpha value is -1.12. The minimum Gasteiger partial charge on any atom is -0.359 e. The van der Waals surface area contributed by atoms with Crippen LogP contribution in [0.15, 0.2) is 8.95 Å². The van der Waals surface area contributed by atoms with E-state index in [1.54, 1.807) is 5.48 Å². The van der Waals surface area contributed by atoms with Crippen LogP contribution in [0.5, 0.6) is 0 Å². The fraction of sp³-hybridized carbons (Fsp3) is 0.500. The Bertz CT molecular complexity index is 794. The van der Waals surface area contributed by atoms with E-state index in [4.69, 9.17) is 5.21 Å². The molecule has 3 N–H and O–H groups in total. The van der Waals surface area contributed by atoms with Crippen molar-refractivity contribution in [3.05, 3.63) is 25.9 Å². The van der Waals surface area contributed by atoms with Crippen LogP contribution >= 0.6 is 31.9 Å². The van der Waals surface area contributed by atoms with Gasteiger partial charge in [0.1, 0.15) is 5.82 Å². The SMILES string of the molecule is Cc1c(Br)c(C)n2c(CC(C)(C)C)c(NCC(=O)NO)nc2c1Br. The summed E-state index contributed by atoms with van der Waals surface area (Å²) in [7, 11) is 0. The zero-order valence-corrected chi connectivity index (χ0v) is 17.6. The normalized spacial score (nSPS) is 11.8. The van der Waals surface area contributed by atoms with E-state index in [9.17, 15) is 4.79 Å². The first kappa shape index (κ1) is 19.2. The van der Waals surface area contributed by atoms with Crippen molar-refractivity contribution >= 4 is 49.2 Å². The molecule has 0 aliphatic carbocycles. The van der Waals surface area contributed by atoms with Gasteiger partial charge in [-0.2, -0.15) is 0 Å². The van der Waals surface area contributed by atoms with Gasteiger partial charge in [-0.15, -0.1) is 0 Å². The quantitative estimate of drug-likeness (QED) is 0.475. The molecule has 0 fully saturated rings. The van der Waals surface area contributed by atoms with Gasteiger partial charge < -0.3 is 5.32 Å².